The van der Waals surface area contributed by atoms with Gasteiger partial charge in [0.2, 0.25) is 5.91 Å². The molecule has 5 nitrogen and oxygen atoms in total. The third-order valence-electron chi connectivity index (χ3n) is 3.82. The van der Waals surface area contributed by atoms with E-state index in [1.807, 2.05) is 0 Å². The topological polar surface area (TPSA) is 87.7 Å². The van der Waals surface area contributed by atoms with Gasteiger partial charge >= 0.3 is 0 Å². The number of nitrogens with one attached hydrogen (secondary N) is 1. The zero-order valence-electron chi connectivity index (χ0n) is 11.3. The van der Waals surface area contributed by atoms with Crippen molar-refractivity contribution in [3.05, 3.63) is 28.8 Å². The highest BCUT2D eigenvalue weighted by molar-refractivity contribution is 6.31. The summed E-state index contributed by atoms with van der Waals surface area (Å²) in [5, 5.41) is 15.1. The third-order valence-corrected chi connectivity index (χ3v) is 4.06. The van der Waals surface area contributed by atoms with E-state index in [9.17, 15) is 4.79 Å². The first-order valence-electron chi connectivity index (χ1n) is 6.61. The van der Waals surface area contributed by atoms with Crippen molar-refractivity contribution in [1.29, 1.82) is 0 Å². The summed E-state index contributed by atoms with van der Waals surface area (Å²) in [5.41, 5.74) is 6.53. The molecule has 1 amide bonds. The molecule has 4 N–H and O–H groups in total. The maximum atomic E-state index is 12.3. The van der Waals surface area contributed by atoms with Crippen LogP contribution in [0.15, 0.2) is 23.4 Å². The fourth-order valence-corrected chi connectivity index (χ4v) is 2.83. The van der Waals surface area contributed by atoms with E-state index < -0.39 is 0 Å². The van der Waals surface area contributed by atoms with Gasteiger partial charge in [-0.2, -0.15) is 0 Å². The van der Waals surface area contributed by atoms with Crippen LogP contribution >= 0.6 is 11.6 Å². The van der Waals surface area contributed by atoms with Gasteiger partial charge in [-0.05, 0) is 37.0 Å². The molecule has 1 aromatic carbocycles. The minimum absolute atomic E-state index is 0.00845. The van der Waals surface area contributed by atoms with Crippen LogP contribution in [0.2, 0.25) is 5.02 Å². The van der Waals surface area contributed by atoms with Gasteiger partial charge in [-0.3, -0.25) is 4.79 Å². The van der Waals surface area contributed by atoms with Gasteiger partial charge in [0.25, 0.3) is 0 Å². The van der Waals surface area contributed by atoms with E-state index in [2.05, 4.69) is 17.4 Å². The molecule has 2 rings (SSSR count). The average Bonchev–Trinajstić information content (AvgIpc) is 2.84. The van der Waals surface area contributed by atoms with Gasteiger partial charge in [0.1, 0.15) is 0 Å². The van der Waals surface area contributed by atoms with Gasteiger partial charge in [0, 0.05) is 16.5 Å². The van der Waals surface area contributed by atoms with Crippen LogP contribution in [0.3, 0.4) is 0 Å². The Kier molecular flexibility index (Phi) is 4.49. The highest BCUT2D eigenvalue weighted by Crippen LogP contribution is 2.32. The van der Waals surface area contributed by atoms with E-state index in [1.54, 1.807) is 18.2 Å². The highest BCUT2D eigenvalue weighted by Gasteiger charge is 2.30. The van der Waals surface area contributed by atoms with E-state index >= 15 is 0 Å². The second kappa shape index (κ2) is 6.13. The van der Waals surface area contributed by atoms with E-state index in [1.165, 1.54) is 0 Å². The Morgan fingerprint density at radius 1 is 1.50 bits per heavy atom. The van der Waals surface area contributed by atoms with Crippen molar-refractivity contribution in [3.8, 4) is 0 Å². The van der Waals surface area contributed by atoms with Gasteiger partial charge in [-0.25, -0.2) is 0 Å². The van der Waals surface area contributed by atoms with Crippen LogP contribution in [0, 0.1) is 11.8 Å². The molecule has 1 fully saturated rings. The van der Waals surface area contributed by atoms with E-state index in [4.69, 9.17) is 22.5 Å². The number of nitrogens with zero attached hydrogens (tertiary/aromatic N) is 1. The summed E-state index contributed by atoms with van der Waals surface area (Å²) in [4.78, 5) is 12.3. The summed E-state index contributed by atoms with van der Waals surface area (Å²) in [6.45, 7) is 2.08. The molecule has 0 bridgehead atoms. The molecule has 0 saturated heterocycles. The Bertz CT molecular complexity index is 545. The Labute approximate surface area is 122 Å². The zero-order chi connectivity index (χ0) is 14.7. The summed E-state index contributed by atoms with van der Waals surface area (Å²) in [6.07, 6.45) is 3.04. The Hall–Kier alpha value is -1.75. The SMILES string of the molecule is CC1CCCC1C(=O)Nc1cc(Cl)ccc1/C(N)=N/O. The number of hydrogen-bond donors (Lipinski definition) is 3. The number of hydrogen-bond acceptors (Lipinski definition) is 3. The minimum atomic E-state index is -0.0589. The van der Waals surface area contributed by atoms with E-state index in [-0.39, 0.29) is 17.7 Å². The van der Waals surface area contributed by atoms with Crippen LogP contribution in [0.1, 0.15) is 31.7 Å². The van der Waals surface area contributed by atoms with Crippen LogP contribution in [-0.2, 0) is 4.79 Å². The molecule has 0 spiro atoms. The molecule has 1 aliphatic rings. The molecule has 108 valence electrons. The maximum absolute atomic E-state index is 12.3. The van der Waals surface area contributed by atoms with Crippen molar-refractivity contribution >= 4 is 29.0 Å². The molecule has 2 unspecified atom stereocenters. The molecule has 0 aliphatic heterocycles. The van der Waals surface area contributed by atoms with E-state index in [0.717, 1.165) is 19.3 Å². The van der Waals surface area contributed by atoms with E-state index in [0.29, 0.717) is 22.2 Å². The standard InChI is InChI=1S/C14H18ClN3O2/c1-8-3-2-4-10(8)14(19)17-12-7-9(15)5-6-11(12)13(16)18-20/h5-8,10,20H,2-4H2,1H3,(H2,16,18)(H,17,19). The zero-order valence-corrected chi connectivity index (χ0v) is 12.0. The molecule has 2 atom stereocenters. The number of anilines is 1. The normalized spacial score (nSPS) is 22.8. The van der Waals surface area contributed by atoms with Crippen LogP contribution in [0.4, 0.5) is 5.69 Å². The Morgan fingerprint density at radius 3 is 2.85 bits per heavy atom. The van der Waals surface area contributed by atoms with Gasteiger partial charge in [-0.15, -0.1) is 0 Å². The Balaban J connectivity index is 2.24. The molecular formula is C14H18ClN3O2. The number of amidine groups is 1. The number of rotatable bonds is 3. The van der Waals surface area contributed by atoms with Crippen molar-refractivity contribution in [3.63, 3.8) is 0 Å². The first-order valence-corrected chi connectivity index (χ1v) is 6.99. The van der Waals surface area contributed by atoms with Crippen molar-refractivity contribution in [2.75, 3.05) is 5.32 Å². The number of halogens is 1. The summed E-state index contributed by atoms with van der Waals surface area (Å²) in [7, 11) is 0. The first kappa shape index (κ1) is 14.7. The highest BCUT2D eigenvalue weighted by atomic mass is 35.5. The van der Waals surface area contributed by atoms with Crippen molar-refractivity contribution in [2.45, 2.75) is 26.2 Å². The second-order valence-electron chi connectivity index (χ2n) is 5.18. The molecule has 1 saturated carbocycles. The molecule has 0 aromatic heterocycles. The maximum Gasteiger partial charge on any atom is 0.227 e. The predicted molar refractivity (Wildman–Crippen MR) is 79.1 cm³/mol. The van der Waals surface area contributed by atoms with Crippen LogP contribution in [0.5, 0.6) is 0 Å². The number of benzene rings is 1. The van der Waals surface area contributed by atoms with Crippen molar-refractivity contribution < 1.29 is 10.0 Å². The lowest BCUT2D eigenvalue weighted by Gasteiger charge is -2.17. The van der Waals surface area contributed by atoms with Crippen LogP contribution in [-0.4, -0.2) is 17.0 Å². The van der Waals surface area contributed by atoms with Gasteiger partial charge < -0.3 is 16.3 Å². The molecule has 20 heavy (non-hydrogen) atoms. The summed E-state index contributed by atoms with van der Waals surface area (Å²) in [6, 6.07) is 4.85. The molecule has 0 heterocycles. The number of carbonyl (C=O) groups excluding carboxylic acids is 1. The monoisotopic (exact) mass is 295 g/mol. The summed E-state index contributed by atoms with van der Waals surface area (Å²) in [5.74, 6) is 0.288. The number of nitrogens with two attached hydrogens (primary N) is 1. The first-order chi connectivity index (χ1) is 9.52. The lowest BCUT2D eigenvalue weighted by Crippen LogP contribution is -2.26. The number of oxime groups is 1. The summed E-state index contributed by atoms with van der Waals surface area (Å²) >= 11 is 5.94. The average molecular weight is 296 g/mol. The molecule has 1 aliphatic carbocycles. The fraction of sp³-hybridized carbons (Fsp3) is 0.429. The predicted octanol–water partition coefficient (Wildman–Crippen LogP) is 2.81. The third kappa shape index (κ3) is 3.04. The summed E-state index contributed by atoms with van der Waals surface area (Å²) < 4.78 is 0. The van der Waals surface area contributed by atoms with Crippen LogP contribution < -0.4 is 11.1 Å². The van der Waals surface area contributed by atoms with Gasteiger partial charge in [0.05, 0.1) is 5.69 Å². The van der Waals surface area contributed by atoms with Gasteiger partial charge in [0.15, 0.2) is 5.84 Å². The second-order valence-corrected chi connectivity index (χ2v) is 5.62. The minimum Gasteiger partial charge on any atom is -0.409 e. The quantitative estimate of drug-likeness (QED) is 0.347. The van der Waals surface area contributed by atoms with Crippen LogP contribution in [0.25, 0.3) is 0 Å². The fourth-order valence-electron chi connectivity index (χ4n) is 2.66. The van der Waals surface area contributed by atoms with Crippen molar-refractivity contribution in [2.24, 2.45) is 22.7 Å². The largest absolute Gasteiger partial charge is 0.409 e. The molecule has 6 heteroatoms. The Morgan fingerprint density at radius 2 is 2.25 bits per heavy atom. The van der Waals surface area contributed by atoms with Crippen molar-refractivity contribution in [1.82, 2.24) is 0 Å². The molecular weight excluding hydrogens is 278 g/mol. The lowest BCUT2D eigenvalue weighted by molar-refractivity contribution is -0.120. The number of carbonyl (C=O) groups is 1. The smallest absolute Gasteiger partial charge is 0.227 e. The lowest BCUT2D eigenvalue weighted by atomic mass is 9.97. The number of amides is 1. The molecule has 1 aromatic rings. The van der Waals surface area contributed by atoms with Gasteiger partial charge in [-0.1, -0.05) is 30.1 Å². The molecule has 0 radical (unpaired) electrons.